The molecule has 0 radical (unpaired) electrons. The lowest BCUT2D eigenvalue weighted by molar-refractivity contribution is 0.0281. The van der Waals surface area contributed by atoms with Crippen LogP contribution in [0.25, 0.3) is 0 Å². The fourth-order valence-corrected chi connectivity index (χ4v) is 3.32. The van der Waals surface area contributed by atoms with Crippen molar-refractivity contribution < 1.29 is 23.8 Å². The van der Waals surface area contributed by atoms with E-state index in [1.165, 1.54) is 0 Å². The van der Waals surface area contributed by atoms with Gasteiger partial charge in [0.25, 0.3) is 0 Å². The molecule has 30 heavy (non-hydrogen) atoms. The number of ether oxygens (including phenoxy) is 3. The molecule has 0 atom stereocenters. The molecule has 6 nitrogen and oxygen atoms in total. The SMILES string of the molecule is CC(C)(C)OC(=O)NC1(c2ccc(C(=O)Cc3ccccc3)cc2)COCCOC1. The summed E-state index contributed by atoms with van der Waals surface area (Å²) in [7, 11) is 0. The number of alkyl carbamates (subject to hydrolysis) is 1. The first-order valence-corrected chi connectivity index (χ1v) is 10.1. The van der Waals surface area contributed by atoms with Crippen molar-refractivity contribution in [1.82, 2.24) is 5.32 Å². The number of carbonyl (C=O) groups is 2. The van der Waals surface area contributed by atoms with Crippen LogP contribution in [0.15, 0.2) is 54.6 Å². The summed E-state index contributed by atoms with van der Waals surface area (Å²) >= 11 is 0. The van der Waals surface area contributed by atoms with Gasteiger partial charge in [0.1, 0.15) is 11.1 Å². The summed E-state index contributed by atoms with van der Waals surface area (Å²) in [6.45, 7) is 6.84. The van der Waals surface area contributed by atoms with Gasteiger partial charge in [-0.15, -0.1) is 0 Å². The molecule has 2 aromatic carbocycles. The van der Waals surface area contributed by atoms with Gasteiger partial charge in [0.15, 0.2) is 5.78 Å². The van der Waals surface area contributed by atoms with Crippen LogP contribution in [0.4, 0.5) is 4.79 Å². The van der Waals surface area contributed by atoms with Gasteiger partial charge in [0.05, 0.1) is 26.4 Å². The molecule has 0 aliphatic carbocycles. The molecule has 0 bridgehead atoms. The zero-order valence-electron chi connectivity index (χ0n) is 17.8. The molecule has 3 rings (SSSR count). The van der Waals surface area contributed by atoms with E-state index in [9.17, 15) is 9.59 Å². The van der Waals surface area contributed by atoms with Crippen LogP contribution in [-0.2, 0) is 26.2 Å². The van der Waals surface area contributed by atoms with Gasteiger partial charge in [-0.1, -0.05) is 54.6 Å². The Hall–Kier alpha value is -2.70. The van der Waals surface area contributed by atoms with Gasteiger partial charge in [-0.3, -0.25) is 4.79 Å². The maximum atomic E-state index is 12.6. The molecular formula is C24H29NO5. The Morgan fingerprint density at radius 1 is 0.967 bits per heavy atom. The van der Waals surface area contributed by atoms with Crippen LogP contribution in [0.5, 0.6) is 0 Å². The van der Waals surface area contributed by atoms with E-state index in [-0.39, 0.29) is 19.0 Å². The normalized spacial score (nSPS) is 16.4. The van der Waals surface area contributed by atoms with Gasteiger partial charge in [-0.25, -0.2) is 4.79 Å². The van der Waals surface area contributed by atoms with Crippen molar-refractivity contribution >= 4 is 11.9 Å². The molecule has 0 spiro atoms. The molecule has 1 amide bonds. The van der Waals surface area contributed by atoms with Gasteiger partial charge in [0.2, 0.25) is 0 Å². The van der Waals surface area contributed by atoms with Crippen LogP contribution >= 0.6 is 0 Å². The van der Waals surface area contributed by atoms with Crippen LogP contribution in [0.2, 0.25) is 0 Å². The van der Waals surface area contributed by atoms with Crippen LogP contribution in [0.3, 0.4) is 0 Å². The minimum atomic E-state index is -0.889. The number of benzene rings is 2. The second kappa shape index (κ2) is 9.41. The maximum absolute atomic E-state index is 12.6. The standard InChI is InChI=1S/C24H29NO5/c1-23(2,3)30-22(27)25-24(16-28-13-14-29-17-24)20-11-9-19(10-12-20)21(26)15-18-7-5-4-6-8-18/h4-12H,13-17H2,1-3H3,(H,25,27). The Morgan fingerprint density at radius 2 is 1.57 bits per heavy atom. The molecule has 2 aromatic rings. The van der Waals surface area contributed by atoms with E-state index in [1.807, 2.05) is 63.2 Å². The van der Waals surface area contributed by atoms with Crippen LogP contribution in [0.1, 0.15) is 42.3 Å². The molecule has 0 unspecified atom stereocenters. The molecule has 1 fully saturated rings. The average Bonchev–Trinajstić information content (AvgIpc) is 2.94. The van der Waals surface area contributed by atoms with E-state index in [4.69, 9.17) is 14.2 Å². The summed E-state index contributed by atoms with van der Waals surface area (Å²) in [6, 6.07) is 16.9. The molecule has 1 heterocycles. The van der Waals surface area contributed by atoms with Crippen molar-refractivity contribution in [2.75, 3.05) is 26.4 Å². The van der Waals surface area contributed by atoms with E-state index in [1.54, 1.807) is 12.1 Å². The number of carbonyl (C=O) groups excluding carboxylic acids is 2. The summed E-state index contributed by atoms with van der Waals surface area (Å²) < 4.78 is 16.8. The fraction of sp³-hybridized carbons (Fsp3) is 0.417. The lowest BCUT2D eigenvalue weighted by Gasteiger charge is -2.34. The van der Waals surface area contributed by atoms with Crippen molar-refractivity contribution in [1.29, 1.82) is 0 Å². The van der Waals surface area contributed by atoms with Crippen molar-refractivity contribution in [3.05, 3.63) is 71.3 Å². The molecule has 1 aliphatic heterocycles. The Labute approximate surface area is 177 Å². The molecule has 6 heteroatoms. The average molecular weight is 411 g/mol. The van der Waals surface area contributed by atoms with E-state index in [0.717, 1.165) is 11.1 Å². The van der Waals surface area contributed by atoms with Crippen molar-refractivity contribution in [2.45, 2.75) is 38.3 Å². The first-order valence-electron chi connectivity index (χ1n) is 10.1. The number of amides is 1. The van der Waals surface area contributed by atoms with Crippen molar-refractivity contribution in [3.63, 3.8) is 0 Å². The number of nitrogens with one attached hydrogen (secondary N) is 1. The molecule has 1 N–H and O–H groups in total. The number of ketones is 1. The highest BCUT2D eigenvalue weighted by Gasteiger charge is 2.38. The zero-order chi connectivity index (χ0) is 21.6. The summed E-state index contributed by atoms with van der Waals surface area (Å²) in [6.07, 6.45) is -0.200. The Balaban J connectivity index is 1.79. The van der Waals surface area contributed by atoms with Gasteiger partial charge >= 0.3 is 6.09 Å². The van der Waals surface area contributed by atoms with Gasteiger partial charge in [0, 0.05) is 12.0 Å². The highest BCUT2D eigenvalue weighted by Crippen LogP contribution is 2.26. The minimum Gasteiger partial charge on any atom is -0.444 e. The third-order valence-electron chi connectivity index (χ3n) is 4.78. The molecule has 0 saturated carbocycles. The maximum Gasteiger partial charge on any atom is 0.408 e. The fourth-order valence-electron chi connectivity index (χ4n) is 3.32. The largest absolute Gasteiger partial charge is 0.444 e. The summed E-state index contributed by atoms with van der Waals surface area (Å²) in [4.78, 5) is 25.1. The Morgan fingerprint density at radius 3 is 2.13 bits per heavy atom. The quantitative estimate of drug-likeness (QED) is 0.756. The number of hydrogen-bond acceptors (Lipinski definition) is 5. The highest BCUT2D eigenvalue weighted by atomic mass is 16.6. The Bertz CT molecular complexity index is 847. The second-order valence-electron chi connectivity index (χ2n) is 8.48. The highest BCUT2D eigenvalue weighted by molar-refractivity contribution is 5.97. The minimum absolute atomic E-state index is 0.0373. The summed E-state index contributed by atoms with van der Waals surface area (Å²) in [5.41, 5.74) is 0.878. The summed E-state index contributed by atoms with van der Waals surface area (Å²) in [5, 5.41) is 2.94. The first-order chi connectivity index (χ1) is 14.3. The first kappa shape index (κ1) is 22.0. The summed E-state index contributed by atoms with van der Waals surface area (Å²) in [5.74, 6) is 0.0373. The second-order valence-corrected chi connectivity index (χ2v) is 8.48. The number of rotatable bonds is 5. The van der Waals surface area contributed by atoms with E-state index in [0.29, 0.717) is 25.2 Å². The molecular weight excluding hydrogens is 382 g/mol. The van der Waals surface area contributed by atoms with E-state index < -0.39 is 17.2 Å². The molecule has 1 saturated heterocycles. The monoisotopic (exact) mass is 411 g/mol. The van der Waals surface area contributed by atoms with Crippen molar-refractivity contribution in [3.8, 4) is 0 Å². The molecule has 160 valence electrons. The molecule has 0 aromatic heterocycles. The van der Waals surface area contributed by atoms with Gasteiger partial charge in [-0.05, 0) is 31.9 Å². The predicted octanol–water partition coefficient (Wildman–Crippen LogP) is 3.88. The van der Waals surface area contributed by atoms with Gasteiger partial charge in [-0.2, -0.15) is 0 Å². The lowest BCUT2D eigenvalue weighted by atomic mass is 9.90. The lowest BCUT2D eigenvalue weighted by Crippen LogP contribution is -2.53. The Kier molecular flexibility index (Phi) is 6.90. The van der Waals surface area contributed by atoms with Crippen LogP contribution in [0, 0.1) is 0 Å². The van der Waals surface area contributed by atoms with Crippen LogP contribution in [-0.4, -0.2) is 43.9 Å². The third kappa shape index (κ3) is 5.90. The molecule has 1 aliphatic rings. The topological polar surface area (TPSA) is 73.9 Å². The predicted molar refractivity (Wildman–Crippen MR) is 114 cm³/mol. The zero-order valence-corrected chi connectivity index (χ0v) is 17.8. The van der Waals surface area contributed by atoms with Crippen LogP contribution < -0.4 is 5.32 Å². The third-order valence-corrected chi connectivity index (χ3v) is 4.78. The van der Waals surface area contributed by atoms with E-state index in [2.05, 4.69) is 5.32 Å². The van der Waals surface area contributed by atoms with Crippen molar-refractivity contribution in [2.24, 2.45) is 0 Å². The smallest absolute Gasteiger partial charge is 0.408 e. The number of hydrogen-bond donors (Lipinski definition) is 1. The van der Waals surface area contributed by atoms with E-state index >= 15 is 0 Å². The van der Waals surface area contributed by atoms with Gasteiger partial charge < -0.3 is 19.5 Å². The number of Topliss-reactive ketones (excluding diaryl/α,β-unsaturated/α-hetero) is 1.